The molecule has 0 aliphatic carbocycles. The number of hydrogen-bond acceptors (Lipinski definition) is 9. The summed E-state index contributed by atoms with van der Waals surface area (Å²) in [5.41, 5.74) is 2.38. The van der Waals surface area contributed by atoms with Crippen molar-refractivity contribution in [3.63, 3.8) is 0 Å². The summed E-state index contributed by atoms with van der Waals surface area (Å²) in [5, 5.41) is 18.0. The third-order valence-corrected chi connectivity index (χ3v) is 8.66. The SMILES string of the molecule is CC(=O)OCC1=C(C(=O)[O-])N2C(=O)C(NC(=O)Cc3ccccc3NC(=O)N3CCN(n4c(C)ccc4C)C3=O)[C@H]2SC1.[Na+]. The Labute approximate surface area is 279 Å². The minimum Gasteiger partial charge on any atom is -0.543 e. The average molecular weight is 633 g/mol. The van der Waals surface area contributed by atoms with Gasteiger partial charge >= 0.3 is 47.6 Å². The van der Waals surface area contributed by atoms with E-state index in [1.165, 1.54) is 23.7 Å². The molecule has 3 aliphatic heterocycles. The summed E-state index contributed by atoms with van der Waals surface area (Å²) < 4.78 is 6.66. The van der Waals surface area contributed by atoms with Crippen LogP contribution in [0.2, 0.25) is 0 Å². The van der Waals surface area contributed by atoms with E-state index in [1.54, 1.807) is 28.9 Å². The van der Waals surface area contributed by atoms with Crippen LogP contribution >= 0.6 is 11.8 Å². The molecule has 3 aliphatic rings. The maximum Gasteiger partial charge on any atom is 1.00 e. The van der Waals surface area contributed by atoms with Gasteiger partial charge in [0, 0.05) is 35.3 Å². The van der Waals surface area contributed by atoms with E-state index in [0.717, 1.165) is 21.2 Å². The second-order valence-corrected chi connectivity index (χ2v) is 11.3. The molecule has 1 aromatic heterocycles. The van der Waals surface area contributed by atoms with Gasteiger partial charge in [-0.25, -0.2) is 19.5 Å². The number of carboxylic acids is 1. The Morgan fingerprint density at radius 2 is 1.73 bits per heavy atom. The van der Waals surface area contributed by atoms with Crippen molar-refractivity contribution in [2.45, 2.75) is 38.6 Å². The fraction of sp³-hybridized carbons (Fsp3) is 0.357. The van der Waals surface area contributed by atoms with E-state index < -0.39 is 47.2 Å². The quantitative estimate of drug-likeness (QED) is 0.177. The Kier molecular flexibility index (Phi) is 10.1. The van der Waals surface area contributed by atoms with Gasteiger partial charge in [-0.2, -0.15) is 0 Å². The molecule has 2 saturated heterocycles. The second kappa shape index (κ2) is 13.5. The fourth-order valence-corrected chi connectivity index (χ4v) is 6.62. The zero-order chi connectivity index (χ0) is 31.0. The van der Waals surface area contributed by atoms with Crippen LogP contribution in [-0.2, 0) is 30.3 Å². The summed E-state index contributed by atoms with van der Waals surface area (Å²) in [6, 6.07) is 8.29. The largest absolute Gasteiger partial charge is 1.00 e. The summed E-state index contributed by atoms with van der Waals surface area (Å²) in [5.74, 6) is -3.15. The maximum absolute atomic E-state index is 13.1. The van der Waals surface area contributed by atoms with Gasteiger partial charge in [-0.3, -0.25) is 24.0 Å². The average Bonchev–Trinajstić information content (AvgIpc) is 3.50. The molecule has 16 heteroatoms. The molecule has 2 atom stereocenters. The number of benzene rings is 1. The van der Waals surface area contributed by atoms with E-state index in [0.29, 0.717) is 17.8 Å². The van der Waals surface area contributed by atoms with Crippen LogP contribution in [0.5, 0.6) is 0 Å². The number of urea groups is 2. The van der Waals surface area contributed by atoms with Crippen molar-refractivity contribution in [2.24, 2.45) is 0 Å². The Bertz CT molecular complexity index is 1560. The molecule has 6 amide bonds. The Morgan fingerprint density at radius 1 is 1.05 bits per heavy atom. The zero-order valence-electron chi connectivity index (χ0n) is 24.6. The van der Waals surface area contributed by atoms with Crippen molar-refractivity contribution < 1.29 is 68.2 Å². The third kappa shape index (κ3) is 6.36. The molecule has 2 aromatic rings. The van der Waals surface area contributed by atoms with E-state index in [1.807, 2.05) is 26.0 Å². The summed E-state index contributed by atoms with van der Waals surface area (Å²) in [4.78, 5) is 77.2. The summed E-state index contributed by atoms with van der Waals surface area (Å²) >= 11 is 1.23. The number of aromatic nitrogens is 1. The van der Waals surface area contributed by atoms with Gasteiger partial charge in [0.25, 0.3) is 5.91 Å². The minimum atomic E-state index is -1.58. The second-order valence-electron chi connectivity index (χ2n) is 10.2. The van der Waals surface area contributed by atoms with Gasteiger partial charge in [-0.1, -0.05) is 18.2 Å². The number of aliphatic carboxylic acids is 1. The number of esters is 1. The van der Waals surface area contributed by atoms with Crippen LogP contribution in [-0.4, -0.2) is 87.2 Å². The molecule has 1 unspecified atom stereocenters. The molecule has 0 radical (unpaired) electrons. The van der Waals surface area contributed by atoms with Crippen LogP contribution in [0.15, 0.2) is 47.7 Å². The van der Waals surface area contributed by atoms with E-state index in [-0.39, 0.29) is 66.2 Å². The number of nitrogens with one attached hydrogen (secondary N) is 2. The smallest absolute Gasteiger partial charge is 0.543 e. The molecule has 0 bridgehead atoms. The van der Waals surface area contributed by atoms with Crippen molar-refractivity contribution in [3.05, 3.63) is 64.6 Å². The predicted molar refractivity (Wildman–Crippen MR) is 152 cm³/mol. The van der Waals surface area contributed by atoms with Gasteiger partial charge < -0.3 is 25.3 Å². The number of carbonyl (C=O) groups excluding carboxylic acids is 6. The number of thioether (sulfide) groups is 1. The number of imide groups is 1. The molecule has 2 fully saturated rings. The van der Waals surface area contributed by atoms with Crippen molar-refractivity contribution in [3.8, 4) is 0 Å². The zero-order valence-corrected chi connectivity index (χ0v) is 27.4. The number of para-hydroxylation sites is 1. The number of ether oxygens (including phenoxy) is 1. The van der Waals surface area contributed by atoms with Gasteiger partial charge in [-0.05, 0) is 37.6 Å². The first kappa shape index (κ1) is 33.1. The van der Waals surface area contributed by atoms with Crippen molar-refractivity contribution in [2.75, 3.05) is 35.8 Å². The van der Waals surface area contributed by atoms with Crippen molar-refractivity contribution >= 4 is 53.3 Å². The summed E-state index contributed by atoms with van der Waals surface area (Å²) in [6.07, 6.45) is -0.194. The van der Waals surface area contributed by atoms with Gasteiger partial charge in [0.05, 0.1) is 31.2 Å². The molecule has 44 heavy (non-hydrogen) atoms. The molecule has 1 aromatic carbocycles. The molecule has 226 valence electrons. The predicted octanol–water partition coefficient (Wildman–Crippen LogP) is -2.78. The summed E-state index contributed by atoms with van der Waals surface area (Å²) in [7, 11) is 0. The number of hydrogen-bond donors (Lipinski definition) is 2. The van der Waals surface area contributed by atoms with Gasteiger partial charge in [0.15, 0.2) is 0 Å². The van der Waals surface area contributed by atoms with Crippen LogP contribution in [0.25, 0.3) is 0 Å². The van der Waals surface area contributed by atoms with Gasteiger partial charge in [0.1, 0.15) is 18.0 Å². The number of rotatable bonds is 8. The monoisotopic (exact) mass is 632 g/mol. The normalized spacial score (nSPS) is 19.2. The standard InChI is InChI=1S/C28H30N6O8S.Na/c1-15-8-9-16(2)34(15)32-11-10-31(28(32)41)27(40)29-20-7-5-4-6-18(20)12-21(36)30-22-24(37)33-23(26(38)39)19(13-42-17(3)35)14-43-25(22)33;/h4-9,22,25H,10-14H2,1-3H3,(H,29,40)(H,30,36)(H,38,39);/q;+1/p-1/t22?,25-;/m1./s1. The van der Waals surface area contributed by atoms with E-state index >= 15 is 0 Å². The Balaban J connectivity index is 0.00000442. The third-order valence-electron chi connectivity index (χ3n) is 7.32. The number of fused-ring (bicyclic) bond motifs is 1. The fourth-order valence-electron chi connectivity index (χ4n) is 5.29. The van der Waals surface area contributed by atoms with Crippen LogP contribution in [0.3, 0.4) is 0 Å². The number of carbonyl (C=O) groups is 6. The maximum atomic E-state index is 13.1. The molecular weight excluding hydrogens is 603 g/mol. The molecule has 0 saturated carbocycles. The molecule has 5 rings (SSSR count). The molecule has 14 nitrogen and oxygen atoms in total. The molecule has 4 heterocycles. The number of amides is 6. The van der Waals surface area contributed by atoms with E-state index in [4.69, 9.17) is 4.74 Å². The van der Waals surface area contributed by atoms with Crippen LogP contribution < -0.4 is 50.3 Å². The molecule has 0 spiro atoms. The Morgan fingerprint density at radius 3 is 2.39 bits per heavy atom. The van der Waals surface area contributed by atoms with Crippen LogP contribution in [0.1, 0.15) is 23.9 Å². The number of nitrogens with zero attached hydrogens (tertiary/aromatic N) is 4. The molecule has 2 N–H and O–H groups in total. The first-order chi connectivity index (χ1) is 20.5. The first-order valence-electron chi connectivity index (χ1n) is 13.4. The van der Waals surface area contributed by atoms with Crippen molar-refractivity contribution in [1.82, 2.24) is 19.8 Å². The topological polar surface area (TPSA) is 173 Å². The van der Waals surface area contributed by atoms with Gasteiger partial charge in [-0.15, -0.1) is 11.8 Å². The number of β-lactam (4-membered cyclic amide) rings is 1. The summed E-state index contributed by atoms with van der Waals surface area (Å²) in [6.45, 7) is 5.14. The Hall–Kier alpha value is -3.79. The molecular formula is C28H29N6NaO8S. The van der Waals surface area contributed by atoms with E-state index in [2.05, 4.69) is 10.6 Å². The first-order valence-corrected chi connectivity index (χ1v) is 14.5. The van der Waals surface area contributed by atoms with E-state index in [9.17, 15) is 33.9 Å². The van der Waals surface area contributed by atoms with Gasteiger partial charge in [0.2, 0.25) is 5.91 Å². The number of anilines is 1. The minimum absolute atomic E-state index is 0. The number of carboxylic acid groups (broad SMARTS) is 1. The van der Waals surface area contributed by atoms with Crippen molar-refractivity contribution in [1.29, 1.82) is 0 Å². The van der Waals surface area contributed by atoms with Crippen LogP contribution in [0, 0.1) is 13.8 Å². The van der Waals surface area contributed by atoms with Crippen LogP contribution in [0.4, 0.5) is 15.3 Å². The number of aryl methyl sites for hydroxylation is 2.